The molecular weight excluding hydrogens is 643 g/mol. The van der Waals surface area contributed by atoms with Gasteiger partial charge in [-0.05, 0) is 91.9 Å². The van der Waals surface area contributed by atoms with Crippen LogP contribution >= 0.6 is 0 Å². The lowest BCUT2D eigenvalue weighted by molar-refractivity contribution is -0.111. The predicted octanol–water partition coefficient (Wildman–Crippen LogP) is 5.64. The minimum atomic E-state index is -3.56. The second-order valence-corrected chi connectivity index (χ2v) is 15.8. The molecule has 0 radical (unpaired) electrons. The Hall–Kier alpha value is -4.75. The molecule has 2 aromatic heterocycles. The summed E-state index contributed by atoms with van der Waals surface area (Å²) in [6.45, 7) is 12.3. The quantitative estimate of drug-likeness (QED) is 0.152. The Morgan fingerprint density at radius 3 is 2.57 bits per heavy atom. The zero-order valence-electron chi connectivity index (χ0n) is 28.6. The van der Waals surface area contributed by atoms with Crippen LogP contribution in [0.25, 0.3) is 5.65 Å². The van der Waals surface area contributed by atoms with Gasteiger partial charge in [0.05, 0.1) is 23.7 Å². The molecule has 49 heavy (non-hydrogen) atoms. The largest absolute Gasteiger partial charge is 0.480 e. The number of nitrogens with one attached hydrogen (secondary N) is 3. The fourth-order valence-corrected chi connectivity index (χ4v) is 7.43. The predicted molar refractivity (Wildman–Crippen MR) is 189 cm³/mol. The molecule has 13 heteroatoms. The van der Waals surface area contributed by atoms with Gasteiger partial charge >= 0.3 is 6.03 Å². The van der Waals surface area contributed by atoms with E-state index in [1.165, 1.54) is 6.07 Å². The zero-order chi connectivity index (χ0) is 35.2. The first-order valence-electron chi connectivity index (χ1n) is 16.4. The molecule has 1 aliphatic carbocycles. The number of fused-ring (bicyclic) bond motifs is 2. The molecule has 1 saturated heterocycles. The van der Waals surface area contributed by atoms with E-state index in [1.807, 2.05) is 55.6 Å². The molecule has 2 amide bonds. The summed E-state index contributed by atoms with van der Waals surface area (Å²) in [6.07, 6.45) is 8.59. The number of nitrogens with zero attached hydrogens (tertiary/aromatic N) is 4. The normalized spacial score (nSPS) is 22.4. The average Bonchev–Trinajstić information content (AvgIpc) is 3.64. The molecule has 258 valence electrons. The Kier molecular flexibility index (Phi) is 8.78. The second kappa shape index (κ2) is 12.6. The van der Waals surface area contributed by atoms with E-state index < -0.39 is 27.7 Å². The SMILES string of the molecule is CCN1CCC[C@@]1(C)c1nnc2ccc(O[C@@H]3C=C[C@](C=O)(NC(=O)Nc4cc(NS(C)(=O)=O)cc(C(C)(C)C)c4)c4ccccc43)cn12. The highest BCUT2D eigenvalue weighted by atomic mass is 32.2. The third kappa shape index (κ3) is 6.77. The minimum Gasteiger partial charge on any atom is -0.480 e. The van der Waals surface area contributed by atoms with Crippen LogP contribution in [0.15, 0.2) is 72.9 Å². The number of likely N-dealkylation sites (tertiary alicyclic amines) is 1. The fourth-order valence-electron chi connectivity index (χ4n) is 6.89. The summed E-state index contributed by atoms with van der Waals surface area (Å²) in [4.78, 5) is 28.7. The number of sulfonamides is 1. The van der Waals surface area contributed by atoms with Crippen LogP contribution in [-0.2, 0) is 31.3 Å². The molecule has 0 unspecified atom stereocenters. The number of carbonyl (C=O) groups excluding carboxylic acids is 2. The first kappa shape index (κ1) is 34.1. The lowest BCUT2D eigenvalue weighted by Gasteiger charge is -2.34. The molecular formula is C36H43N7O5S. The highest BCUT2D eigenvalue weighted by Gasteiger charge is 2.41. The molecule has 2 aliphatic rings. The molecule has 4 aromatic rings. The zero-order valence-corrected chi connectivity index (χ0v) is 29.5. The Morgan fingerprint density at radius 2 is 1.86 bits per heavy atom. The molecule has 0 spiro atoms. The number of amides is 2. The Labute approximate surface area is 287 Å². The minimum absolute atomic E-state index is 0.236. The average molecular weight is 686 g/mol. The summed E-state index contributed by atoms with van der Waals surface area (Å²) in [7, 11) is -3.56. The number of ether oxygens (including phenoxy) is 1. The maximum absolute atomic E-state index is 13.5. The maximum Gasteiger partial charge on any atom is 0.320 e. The van der Waals surface area contributed by atoms with Gasteiger partial charge in [-0.25, -0.2) is 13.2 Å². The van der Waals surface area contributed by atoms with Crippen molar-refractivity contribution in [1.82, 2.24) is 24.8 Å². The molecule has 6 rings (SSSR count). The van der Waals surface area contributed by atoms with Crippen LogP contribution in [0.5, 0.6) is 5.75 Å². The molecule has 12 nitrogen and oxygen atoms in total. The molecule has 1 aliphatic heterocycles. The standard InChI is InChI=1S/C36H43N7O5S/c1-7-42-18-10-16-35(42,5)32-40-39-31-14-13-27(22-43(31)32)48-30-15-17-36(23-44,29-12-9-8-11-28(29)30)38-33(45)37-25-19-24(34(2,3)4)20-26(21-25)41-49(6,46)47/h8-9,11-15,17,19-23,30,41H,7,10,16,18H2,1-6H3,(H2,37,38,45)/t30-,35+,36-/m1/s1. The Bertz CT molecular complexity index is 2050. The van der Waals surface area contributed by atoms with Crippen LogP contribution in [0.3, 0.4) is 0 Å². The number of aromatic nitrogens is 3. The van der Waals surface area contributed by atoms with Crippen LogP contribution < -0.4 is 20.1 Å². The number of benzene rings is 2. The number of urea groups is 1. The van der Waals surface area contributed by atoms with Gasteiger partial charge in [-0.15, -0.1) is 10.2 Å². The van der Waals surface area contributed by atoms with E-state index in [1.54, 1.807) is 36.4 Å². The topological polar surface area (TPSA) is 147 Å². The van der Waals surface area contributed by atoms with E-state index in [0.29, 0.717) is 29.0 Å². The number of carbonyl (C=O) groups is 2. The highest BCUT2D eigenvalue weighted by Crippen LogP contribution is 2.40. The fraction of sp³-hybridized carbons (Fsp3) is 0.389. The van der Waals surface area contributed by atoms with E-state index in [4.69, 9.17) is 4.74 Å². The van der Waals surface area contributed by atoms with E-state index in [0.717, 1.165) is 54.8 Å². The van der Waals surface area contributed by atoms with Crippen LogP contribution in [0.4, 0.5) is 16.2 Å². The van der Waals surface area contributed by atoms with Crippen molar-refractivity contribution in [3.63, 3.8) is 0 Å². The molecule has 0 bridgehead atoms. The van der Waals surface area contributed by atoms with Crippen molar-refractivity contribution >= 4 is 39.4 Å². The van der Waals surface area contributed by atoms with Crippen molar-refractivity contribution < 1.29 is 22.7 Å². The van der Waals surface area contributed by atoms with E-state index >= 15 is 0 Å². The van der Waals surface area contributed by atoms with Crippen molar-refractivity contribution in [2.45, 2.75) is 70.1 Å². The van der Waals surface area contributed by atoms with Gasteiger partial charge < -0.3 is 15.4 Å². The smallest absolute Gasteiger partial charge is 0.320 e. The van der Waals surface area contributed by atoms with Crippen molar-refractivity contribution in [3.8, 4) is 5.75 Å². The number of rotatable bonds is 9. The Morgan fingerprint density at radius 1 is 1.10 bits per heavy atom. The van der Waals surface area contributed by atoms with Crippen LogP contribution in [0, 0.1) is 0 Å². The highest BCUT2D eigenvalue weighted by molar-refractivity contribution is 7.92. The molecule has 3 heterocycles. The maximum atomic E-state index is 13.5. The molecule has 3 N–H and O–H groups in total. The van der Waals surface area contributed by atoms with E-state index in [-0.39, 0.29) is 11.0 Å². The van der Waals surface area contributed by atoms with Gasteiger partial charge in [0.1, 0.15) is 17.4 Å². The molecule has 0 saturated carbocycles. The van der Waals surface area contributed by atoms with Crippen LogP contribution in [0.1, 0.15) is 76.1 Å². The summed E-state index contributed by atoms with van der Waals surface area (Å²) in [6, 6.07) is 15.5. The van der Waals surface area contributed by atoms with Crippen molar-refractivity contribution in [2.24, 2.45) is 0 Å². The van der Waals surface area contributed by atoms with Gasteiger partial charge in [0.25, 0.3) is 0 Å². The van der Waals surface area contributed by atoms with E-state index in [2.05, 4.69) is 44.3 Å². The van der Waals surface area contributed by atoms with Gasteiger partial charge in [0, 0.05) is 11.3 Å². The summed E-state index contributed by atoms with van der Waals surface area (Å²) in [5.74, 6) is 1.47. The number of hydrogen-bond donors (Lipinski definition) is 3. The summed E-state index contributed by atoms with van der Waals surface area (Å²) in [5, 5.41) is 14.7. The monoisotopic (exact) mass is 685 g/mol. The summed E-state index contributed by atoms with van der Waals surface area (Å²) in [5.41, 5.74) is 1.45. The van der Waals surface area contributed by atoms with Crippen molar-refractivity contribution in [1.29, 1.82) is 0 Å². The Balaban J connectivity index is 1.27. The molecule has 3 atom stereocenters. The summed E-state index contributed by atoms with van der Waals surface area (Å²) >= 11 is 0. The van der Waals surface area contributed by atoms with E-state index in [9.17, 15) is 18.0 Å². The number of aldehydes is 1. The number of anilines is 2. The second-order valence-electron chi connectivity index (χ2n) is 14.0. The van der Waals surface area contributed by atoms with Crippen molar-refractivity contribution in [3.05, 3.63) is 95.5 Å². The van der Waals surface area contributed by atoms with Gasteiger partial charge in [-0.3, -0.25) is 18.8 Å². The number of hydrogen-bond acceptors (Lipinski definition) is 8. The van der Waals surface area contributed by atoms with Gasteiger partial charge in [0.15, 0.2) is 17.8 Å². The van der Waals surface area contributed by atoms with Crippen LogP contribution in [0.2, 0.25) is 0 Å². The van der Waals surface area contributed by atoms with Gasteiger partial charge in [-0.2, -0.15) is 0 Å². The first-order chi connectivity index (χ1) is 23.1. The van der Waals surface area contributed by atoms with Gasteiger partial charge in [0.2, 0.25) is 10.0 Å². The third-order valence-electron chi connectivity index (χ3n) is 9.40. The first-order valence-corrected chi connectivity index (χ1v) is 18.3. The number of pyridine rings is 1. The van der Waals surface area contributed by atoms with Crippen molar-refractivity contribution in [2.75, 3.05) is 29.4 Å². The van der Waals surface area contributed by atoms with Gasteiger partial charge in [-0.1, -0.05) is 52.0 Å². The summed E-state index contributed by atoms with van der Waals surface area (Å²) < 4.78 is 34.9. The molecule has 2 aromatic carbocycles. The van der Waals surface area contributed by atoms with Crippen LogP contribution in [-0.4, -0.2) is 59.6 Å². The lowest BCUT2D eigenvalue weighted by Crippen LogP contribution is -2.49. The molecule has 1 fully saturated rings. The lowest BCUT2D eigenvalue weighted by atomic mass is 9.81. The third-order valence-corrected chi connectivity index (χ3v) is 10.0.